The number of fused-ring (bicyclic) bond motifs is 1. The Kier molecular flexibility index (Phi) is 4.28. The molecule has 1 aromatic heterocycles. The number of nitrogens with one attached hydrogen (secondary N) is 2. The molecule has 2 aromatic carbocycles. The minimum absolute atomic E-state index is 0.116. The molecule has 128 valence electrons. The van der Waals surface area contributed by atoms with Crippen molar-refractivity contribution >= 4 is 16.8 Å². The Hall–Kier alpha value is -2.59. The third-order valence-electron chi connectivity index (χ3n) is 5.05. The quantitative estimate of drug-likeness (QED) is 0.756. The van der Waals surface area contributed by atoms with Crippen molar-refractivity contribution in [3.63, 3.8) is 0 Å². The number of carbonyl (C=O) groups excluding carboxylic acids is 1. The highest BCUT2D eigenvalue weighted by Crippen LogP contribution is 2.16. The van der Waals surface area contributed by atoms with Crippen molar-refractivity contribution in [2.45, 2.75) is 13.5 Å². The molecule has 4 rings (SSSR count). The minimum Gasteiger partial charge on any atom is -0.351 e. The normalized spacial score (nSPS) is 15.6. The van der Waals surface area contributed by atoms with E-state index in [1.807, 2.05) is 35.2 Å². The number of hydrogen-bond acceptors (Lipinski definition) is 1. The molecule has 1 aliphatic rings. The topological polar surface area (TPSA) is 40.5 Å². The highest BCUT2D eigenvalue weighted by Gasteiger charge is 2.25. The van der Waals surface area contributed by atoms with Crippen molar-refractivity contribution in [1.29, 1.82) is 0 Å². The van der Waals surface area contributed by atoms with E-state index in [1.54, 1.807) is 4.90 Å². The molecular formula is C21H24N3O+. The van der Waals surface area contributed by atoms with Crippen molar-refractivity contribution in [3.8, 4) is 0 Å². The van der Waals surface area contributed by atoms with E-state index in [0.29, 0.717) is 5.69 Å². The molecule has 1 fully saturated rings. The van der Waals surface area contributed by atoms with Crippen LogP contribution in [0.3, 0.4) is 0 Å². The third kappa shape index (κ3) is 3.44. The minimum atomic E-state index is 0.116. The van der Waals surface area contributed by atoms with E-state index in [9.17, 15) is 4.79 Å². The molecule has 4 nitrogen and oxygen atoms in total. The van der Waals surface area contributed by atoms with E-state index >= 15 is 0 Å². The van der Waals surface area contributed by atoms with Gasteiger partial charge < -0.3 is 14.8 Å². The highest BCUT2D eigenvalue weighted by molar-refractivity contribution is 5.98. The number of hydrogen-bond donors (Lipinski definition) is 2. The number of aromatic amines is 1. The van der Waals surface area contributed by atoms with Crippen LogP contribution < -0.4 is 4.90 Å². The second-order valence-corrected chi connectivity index (χ2v) is 6.98. The summed E-state index contributed by atoms with van der Waals surface area (Å²) in [6, 6.07) is 18.7. The second-order valence-electron chi connectivity index (χ2n) is 6.98. The zero-order valence-corrected chi connectivity index (χ0v) is 14.6. The number of para-hydroxylation sites is 1. The van der Waals surface area contributed by atoms with Gasteiger partial charge in [-0.25, -0.2) is 0 Å². The summed E-state index contributed by atoms with van der Waals surface area (Å²) < 4.78 is 0. The fourth-order valence-electron chi connectivity index (χ4n) is 3.67. The average Bonchev–Trinajstić information content (AvgIpc) is 3.06. The van der Waals surface area contributed by atoms with E-state index in [-0.39, 0.29) is 5.91 Å². The Labute approximate surface area is 148 Å². The second kappa shape index (κ2) is 6.73. The van der Waals surface area contributed by atoms with E-state index in [2.05, 4.69) is 36.2 Å². The van der Waals surface area contributed by atoms with Crippen LogP contribution in [-0.4, -0.2) is 42.0 Å². The smallest absolute Gasteiger partial charge is 0.270 e. The molecular weight excluding hydrogens is 310 g/mol. The molecule has 0 atom stereocenters. The summed E-state index contributed by atoms with van der Waals surface area (Å²) in [4.78, 5) is 19.5. The monoisotopic (exact) mass is 334 g/mol. The SMILES string of the molecule is Cc1cccc(C[NH+]2CCN(C(=O)c3cc4ccccc4[nH]3)CC2)c1. The van der Waals surface area contributed by atoms with Crippen molar-refractivity contribution in [1.82, 2.24) is 9.88 Å². The summed E-state index contributed by atoms with van der Waals surface area (Å²) in [5, 5.41) is 1.09. The summed E-state index contributed by atoms with van der Waals surface area (Å²) in [6.45, 7) is 6.80. The van der Waals surface area contributed by atoms with Crippen LogP contribution in [0.15, 0.2) is 54.6 Å². The van der Waals surface area contributed by atoms with Crippen LogP contribution in [-0.2, 0) is 6.54 Å². The Bertz CT molecular complexity index is 858. The number of aryl methyl sites for hydroxylation is 1. The Morgan fingerprint density at radius 3 is 2.64 bits per heavy atom. The van der Waals surface area contributed by atoms with Crippen LogP contribution in [0, 0.1) is 6.92 Å². The number of amides is 1. The lowest BCUT2D eigenvalue weighted by atomic mass is 10.1. The molecule has 1 aliphatic heterocycles. The molecule has 0 saturated carbocycles. The molecule has 0 bridgehead atoms. The van der Waals surface area contributed by atoms with Gasteiger partial charge in [-0.1, -0.05) is 48.0 Å². The number of aromatic nitrogens is 1. The Balaban J connectivity index is 1.38. The van der Waals surface area contributed by atoms with Crippen molar-refractivity contribution in [2.24, 2.45) is 0 Å². The Morgan fingerprint density at radius 2 is 1.88 bits per heavy atom. The number of H-pyrrole nitrogens is 1. The van der Waals surface area contributed by atoms with Crippen LogP contribution in [0.25, 0.3) is 10.9 Å². The number of benzene rings is 2. The highest BCUT2D eigenvalue weighted by atomic mass is 16.2. The molecule has 4 heteroatoms. The van der Waals surface area contributed by atoms with Gasteiger partial charge in [0.25, 0.3) is 5.91 Å². The fraction of sp³-hybridized carbons (Fsp3) is 0.286. The standard InChI is InChI=1S/C21H23N3O/c1-16-5-4-6-17(13-16)15-23-9-11-24(12-10-23)21(25)20-14-18-7-2-3-8-19(18)22-20/h2-8,13-14,22H,9-12,15H2,1H3/p+1. The first kappa shape index (κ1) is 15.9. The lowest BCUT2D eigenvalue weighted by molar-refractivity contribution is -0.917. The average molecular weight is 334 g/mol. The lowest BCUT2D eigenvalue weighted by Crippen LogP contribution is -3.13. The molecule has 2 N–H and O–H groups in total. The van der Waals surface area contributed by atoms with Gasteiger partial charge >= 0.3 is 0 Å². The summed E-state index contributed by atoms with van der Waals surface area (Å²) in [5.74, 6) is 0.116. The third-order valence-corrected chi connectivity index (χ3v) is 5.05. The largest absolute Gasteiger partial charge is 0.351 e. The van der Waals surface area contributed by atoms with Crippen molar-refractivity contribution < 1.29 is 9.69 Å². The molecule has 1 amide bonds. The van der Waals surface area contributed by atoms with E-state index < -0.39 is 0 Å². The summed E-state index contributed by atoms with van der Waals surface area (Å²) in [7, 11) is 0. The van der Waals surface area contributed by atoms with Crippen molar-refractivity contribution in [2.75, 3.05) is 26.2 Å². The van der Waals surface area contributed by atoms with Gasteiger partial charge in [-0.15, -0.1) is 0 Å². The van der Waals surface area contributed by atoms with Gasteiger partial charge in [0.15, 0.2) is 0 Å². The van der Waals surface area contributed by atoms with Gasteiger partial charge in [0.05, 0.1) is 26.2 Å². The maximum atomic E-state index is 12.8. The molecule has 0 aliphatic carbocycles. The first-order valence-corrected chi connectivity index (χ1v) is 8.95. The zero-order valence-electron chi connectivity index (χ0n) is 14.6. The lowest BCUT2D eigenvalue weighted by Gasteiger charge is -2.32. The van der Waals surface area contributed by atoms with E-state index in [0.717, 1.165) is 43.6 Å². The molecule has 0 unspecified atom stereocenters. The van der Waals surface area contributed by atoms with Gasteiger partial charge in [-0.3, -0.25) is 4.79 Å². The number of quaternary nitrogens is 1. The maximum absolute atomic E-state index is 12.8. The Morgan fingerprint density at radius 1 is 1.08 bits per heavy atom. The first-order valence-electron chi connectivity index (χ1n) is 8.95. The molecule has 25 heavy (non-hydrogen) atoms. The molecule has 3 aromatic rings. The first-order chi connectivity index (χ1) is 12.2. The van der Waals surface area contributed by atoms with Crippen LogP contribution in [0.2, 0.25) is 0 Å². The molecule has 1 saturated heterocycles. The zero-order chi connectivity index (χ0) is 17.2. The predicted molar refractivity (Wildman–Crippen MR) is 99.8 cm³/mol. The van der Waals surface area contributed by atoms with Gasteiger partial charge in [0, 0.05) is 16.5 Å². The predicted octanol–water partition coefficient (Wildman–Crippen LogP) is 2.02. The number of nitrogens with zero attached hydrogens (tertiary/aromatic N) is 1. The van der Waals surface area contributed by atoms with Gasteiger partial charge in [-0.05, 0) is 19.1 Å². The molecule has 2 heterocycles. The number of rotatable bonds is 3. The van der Waals surface area contributed by atoms with Gasteiger partial charge in [-0.2, -0.15) is 0 Å². The summed E-state index contributed by atoms with van der Waals surface area (Å²) >= 11 is 0. The molecule has 0 spiro atoms. The molecule has 0 radical (unpaired) electrons. The van der Waals surface area contributed by atoms with Gasteiger partial charge in [0.1, 0.15) is 12.2 Å². The van der Waals surface area contributed by atoms with E-state index in [4.69, 9.17) is 0 Å². The maximum Gasteiger partial charge on any atom is 0.270 e. The number of piperazine rings is 1. The van der Waals surface area contributed by atoms with Gasteiger partial charge in [0.2, 0.25) is 0 Å². The van der Waals surface area contributed by atoms with Crippen LogP contribution >= 0.6 is 0 Å². The fourth-order valence-corrected chi connectivity index (χ4v) is 3.67. The van der Waals surface area contributed by atoms with Crippen LogP contribution in [0.4, 0.5) is 0 Å². The van der Waals surface area contributed by atoms with Crippen LogP contribution in [0.1, 0.15) is 21.6 Å². The summed E-state index contributed by atoms with van der Waals surface area (Å²) in [6.07, 6.45) is 0. The summed E-state index contributed by atoms with van der Waals surface area (Å²) in [5.41, 5.74) is 4.41. The van der Waals surface area contributed by atoms with Crippen LogP contribution in [0.5, 0.6) is 0 Å². The van der Waals surface area contributed by atoms with E-state index in [1.165, 1.54) is 11.1 Å². The van der Waals surface area contributed by atoms with Crippen molar-refractivity contribution in [3.05, 3.63) is 71.4 Å². The number of carbonyl (C=O) groups is 1.